The Morgan fingerprint density at radius 3 is 2.71 bits per heavy atom. The Balaban J connectivity index is 1.33. The van der Waals surface area contributed by atoms with E-state index in [1.165, 1.54) is 17.5 Å². The lowest BCUT2D eigenvalue weighted by Gasteiger charge is -2.10. The second-order valence-electron chi connectivity index (χ2n) is 6.86. The molecule has 144 valence electrons. The number of benzene rings is 2. The normalized spacial score (nSPS) is 12.7. The molecule has 1 amide bonds. The van der Waals surface area contributed by atoms with Gasteiger partial charge in [-0.25, -0.2) is 4.68 Å². The minimum atomic E-state index is -0.403. The number of rotatable bonds is 6. The Morgan fingerprint density at radius 2 is 1.86 bits per heavy atom. The van der Waals surface area contributed by atoms with E-state index in [2.05, 4.69) is 22.5 Å². The molecule has 0 aliphatic heterocycles. The van der Waals surface area contributed by atoms with Gasteiger partial charge in [-0.2, -0.15) is 0 Å². The number of ether oxygens (including phenoxy) is 1. The fraction of sp³-hybridized carbons (Fsp3) is 0.286. The van der Waals surface area contributed by atoms with Gasteiger partial charge in [-0.15, -0.1) is 0 Å². The van der Waals surface area contributed by atoms with Crippen molar-refractivity contribution in [3.8, 4) is 5.75 Å². The summed E-state index contributed by atoms with van der Waals surface area (Å²) in [6, 6.07) is 12.6. The van der Waals surface area contributed by atoms with Gasteiger partial charge in [-0.05, 0) is 54.7 Å². The van der Waals surface area contributed by atoms with Gasteiger partial charge in [0.05, 0.1) is 17.3 Å². The molecule has 0 spiro atoms. The molecule has 4 rings (SSSR count). The molecule has 0 atom stereocenters. The summed E-state index contributed by atoms with van der Waals surface area (Å²) in [5.74, 6) is 0.426. The third kappa shape index (κ3) is 3.69. The molecule has 2 N–H and O–H groups in total. The number of aryl methyl sites for hydroxylation is 2. The van der Waals surface area contributed by atoms with Gasteiger partial charge in [0.1, 0.15) is 18.9 Å². The van der Waals surface area contributed by atoms with E-state index in [0.717, 1.165) is 23.3 Å². The van der Waals surface area contributed by atoms with Crippen LogP contribution in [-0.4, -0.2) is 28.8 Å². The van der Waals surface area contributed by atoms with E-state index in [4.69, 9.17) is 4.74 Å². The van der Waals surface area contributed by atoms with E-state index < -0.39 is 11.1 Å². The van der Waals surface area contributed by atoms with Crippen molar-refractivity contribution in [2.45, 2.75) is 25.8 Å². The topological polar surface area (TPSA) is 93.2 Å². The Morgan fingerprint density at radius 1 is 1.07 bits per heavy atom. The quantitative estimate of drug-likeness (QED) is 0.633. The number of nitrogens with one attached hydrogen (secondary N) is 2. The van der Waals surface area contributed by atoms with Crippen molar-refractivity contribution in [1.82, 2.24) is 15.1 Å². The third-order valence-corrected chi connectivity index (χ3v) is 4.95. The summed E-state index contributed by atoms with van der Waals surface area (Å²) in [5, 5.41) is 5.75. The summed E-state index contributed by atoms with van der Waals surface area (Å²) in [7, 11) is 0. The maximum atomic E-state index is 12.4. The predicted octanol–water partition coefficient (Wildman–Crippen LogP) is 1.37. The SMILES string of the molecule is O=C(Cn1[nH]c(=O)c2ccccc2c1=O)NCCOc1ccc2c(c1)CCC2. The molecule has 28 heavy (non-hydrogen) atoms. The average Bonchev–Trinajstić information content (AvgIpc) is 3.17. The highest BCUT2D eigenvalue weighted by atomic mass is 16.5. The lowest BCUT2D eigenvalue weighted by Crippen LogP contribution is -2.37. The number of aromatic nitrogens is 2. The van der Waals surface area contributed by atoms with E-state index in [9.17, 15) is 14.4 Å². The van der Waals surface area contributed by atoms with Crippen LogP contribution in [0.25, 0.3) is 10.8 Å². The van der Waals surface area contributed by atoms with E-state index in [1.807, 2.05) is 6.07 Å². The molecule has 0 radical (unpaired) electrons. The van der Waals surface area contributed by atoms with Crippen molar-refractivity contribution in [2.24, 2.45) is 0 Å². The van der Waals surface area contributed by atoms with Gasteiger partial charge in [-0.1, -0.05) is 18.2 Å². The van der Waals surface area contributed by atoms with Gasteiger partial charge in [0.15, 0.2) is 0 Å². The van der Waals surface area contributed by atoms with E-state index in [0.29, 0.717) is 23.9 Å². The third-order valence-electron chi connectivity index (χ3n) is 4.95. The highest BCUT2D eigenvalue weighted by molar-refractivity contribution is 5.81. The van der Waals surface area contributed by atoms with Crippen molar-refractivity contribution < 1.29 is 9.53 Å². The molecule has 2 aromatic carbocycles. The molecular weight excluding hydrogens is 358 g/mol. The number of amides is 1. The highest BCUT2D eigenvalue weighted by Crippen LogP contribution is 2.25. The molecular formula is C21H21N3O4. The number of carbonyl (C=O) groups excluding carboxylic acids is 1. The monoisotopic (exact) mass is 379 g/mol. The summed E-state index contributed by atoms with van der Waals surface area (Å²) in [5.41, 5.74) is 1.92. The van der Waals surface area contributed by atoms with E-state index in [1.54, 1.807) is 24.3 Å². The van der Waals surface area contributed by atoms with Crippen LogP contribution in [0.15, 0.2) is 52.1 Å². The van der Waals surface area contributed by atoms with Gasteiger partial charge < -0.3 is 10.1 Å². The maximum Gasteiger partial charge on any atom is 0.273 e. The summed E-state index contributed by atoms with van der Waals surface area (Å²) in [6.07, 6.45) is 3.40. The number of aromatic amines is 1. The number of hydrogen-bond donors (Lipinski definition) is 2. The summed E-state index contributed by atoms with van der Waals surface area (Å²) in [6.45, 7) is 0.383. The molecule has 0 fully saturated rings. The van der Waals surface area contributed by atoms with Crippen LogP contribution in [0.2, 0.25) is 0 Å². The van der Waals surface area contributed by atoms with Gasteiger partial charge >= 0.3 is 0 Å². The Hall–Kier alpha value is -3.35. The summed E-state index contributed by atoms with van der Waals surface area (Å²) >= 11 is 0. The van der Waals surface area contributed by atoms with Crippen LogP contribution in [0.1, 0.15) is 17.5 Å². The zero-order chi connectivity index (χ0) is 19.5. The van der Waals surface area contributed by atoms with Crippen LogP contribution in [0.3, 0.4) is 0 Å². The van der Waals surface area contributed by atoms with E-state index in [-0.39, 0.29) is 12.5 Å². The van der Waals surface area contributed by atoms with Crippen molar-refractivity contribution in [3.05, 3.63) is 74.3 Å². The van der Waals surface area contributed by atoms with Gasteiger partial charge in [0.25, 0.3) is 11.1 Å². The Labute approximate surface area is 160 Å². The maximum absolute atomic E-state index is 12.4. The van der Waals surface area contributed by atoms with Crippen LogP contribution >= 0.6 is 0 Å². The molecule has 0 unspecified atom stereocenters. The molecule has 1 aliphatic carbocycles. The second kappa shape index (κ2) is 7.72. The van der Waals surface area contributed by atoms with Crippen molar-refractivity contribution >= 4 is 16.7 Å². The van der Waals surface area contributed by atoms with Gasteiger partial charge in [0.2, 0.25) is 5.91 Å². The van der Waals surface area contributed by atoms with Crippen LogP contribution < -0.4 is 21.2 Å². The van der Waals surface area contributed by atoms with Crippen molar-refractivity contribution in [3.63, 3.8) is 0 Å². The fourth-order valence-corrected chi connectivity index (χ4v) is 3.55. The van der Waals surface area contributed by atoms with Crippen molar-refractivity contribution in [2.75, 3.05) is 13.2 Å². The molecule has 1 aromatic heterocycles. The first-order valence-corrected chi connectivity index (χ1v) is 9.35. The molecule has 3 aromatic rings. The minimum absolute atomic E-state index is 0.252. The number of H-pyrrole nitrogens is 1. The smallest absolute Gasteiger partial charge is 0.273 e. The molecule has 0 saturated heterocycles. The van der Waals surface area contributed by atoms with E-state index >= 15 is 0 Å². The van der Waals surface area contributed by atoms with Crippen LogP contribution in [0.5, 0.6) is 5.75 Å². The Kier molecular flexibility index (Phi) is 4.97. The Bertz CT molecular complexity index is 1150. The zero-order valence-electron chi connectivity index (χ0n) is 15.4. The molecule has 7 nitrogen and oxygen atoms in total. The largest absolute Gasteiger partial charge is 0.492 e. The molecule has 1 heterocycles. The number of carbonyl (C=O) groups is 1. The molecule has 7 heteroatoms. The van der Waals surface area contributed by atoms with Gasteiger partial charge in [0, 0.05) is 0 Å². The lowest BCUT2D eigenvalue weighted by molar-refractivity contribution is -0.122. The van der Waals surface area contributed by atoms with Crippen LogP contribution in [-0.2, 0) is 24.2 Å². The molecule has 1 aliphatic rings. The number of hydrogen-bond acceptors (Lipinski definition) is 4. The van der Waals surface area contributed by atoms with Crippen LogP contribution in [0.4, 0.5) is 0 Å². The first-order valence-electron chi connectivity index (χ1n) is 9.35. The van der Waals surface area contributed by atoms with Crippen LogP contribution in [0, 0.1) is 0 Å². The number of nitrogens with zero attached hydrogens (tertiary/aromatic N) is 1. The fourth-order valence-electron chi connectivity index (χ4n) is 3.55. The first-order chi connectivity index (χ1) is 13.6. The predicted molar refractivity (Wildman–Crippen MR) is 106 cm³/mol. The first kappa shape index (κ1) is 18.0. The lowest BCUT2D eigenvalue weighted by atomic mass is 10.1. The van der Waals surface area contributed by atoms with Gasteiger partial charge in [-0.3, -0.25) is 19.5 Å². The average molecular weight is 379 g/mol. The summed E-state index contributed by atoms with van der Waals surface area (Å²) < 4.78 is 6.72. The second-order valence-corrected chi connectivity index (χ2v) is 6.86. The highest BCUT2D eigenvalue weighted by Gasteiger charge is 2.12. The number of fused-ring (bicyclic) bond motifs is 2. The summed E-state index contributed by atoms with van der Waals surface area (Å²) in [4.78, 5) is 36.6. The molecule has 0 saturated carbocycles. The standard InChI is InChI=1S/C21H21N3O4/c25-19(13-24-21(27)18-7-2-1-6-17(18)20(26)23-24)22-10-11-28-16-9-8-14-4-3-5-15(14)12-16/h1-2,6-9,12H,3-5,10-11,13H2,(H,22,25)(H,23,26). The zero-order valence-corrected chi connectivity index (χ0v) is 15.4. The molecule has 0 bridgehead atoms. The van der Waals surface area contributed by atoms with Crippen molar-refractivity contribution in [1.29, 1.82) is 0 Å². The minimum Gasteiger partial charge on any atom is -0.492 e.